The Morgan fingerprint density at radius 3 is 1.36 bits per heavy atom. The summed E-state index contributed by atoms with van der Waals surface area (Å²) in [6, 6.07) is 29.3. The fourth-order valence-electron chi connectivity index (χ4n) is 2.14. The third kappa shape index (κ3) is 5.70. The van der Waals surface area contributed by atoms with Gasteiger partial charge in [0, 0.05) is 0 Å². The zero-order valence-electron chi connectivity index (χ0n) is 13.2. The Bertz CT molecular complexity index is 641. The maximum atomic E-state index is 2.28. The van der Waals surface area contributed by atoms with Crippen molar-refractivity contribution >= 4 is 37.0 Å². The van der Waals surface area contributed by atoms with E-state index in [4.69, 9.17) is 0 Å². The fourth-order valence-corrected chi connectivity index (χ4v) is 2.14. The quantitative estimate of drug-likeness (QED) is 0.253. The molecule has 0 aliphatic rings. The van der Waals surface area contributed by atoms with Gasteiger partial charge in [-0.2, -0.15) is 35.0 Å². The molecule has 0 heterocycles. The van der Waals surface area contributed by atoms with E-state index < -0.39 is 0 Å². The number of hydrogen-bond acceptors (Lipinski definition) is 0. The molecule has 22 heavy (non-hydrogen) atoms. The zero-order chi connectivity index (χ0) is 14.9. The Morgan fingerprint density at radius 2 is 1.00 bits per heavy atom. The standard InChI is InChI=1S/2C9H7.C2H7Ge.Zr/c2*1-2-5-9-7-3-6-8(9)4-1;1-3-2;/h2*1-7H;3H,1-2H3;/q2*-1;;+2. The average molecular weight is 425 g/mol. The van der Waals surface area contributed by atoms with Crippen molar-refractivity contribution in [2.45, 2.75) is 11.5 Å². The summed E-state index contributed by atoms with van der Waals surface area (Å²) in [7, 11) is 0. The molecule has 0 N–H and O–H groups in total. The third-order valence-electron chi connectivity index (χ3n) is 3.10. The minimum Gasteiger partial charge on any atom is -0.168 e. The van der Waals surface area contributed by atoms with Crippen molar-refractivity contribution in [3.63, 3.8) is 0 Å². The Morgan fingerprint density at radius 1 is 0.636 bits per heavy atom. The van der Waals surface area contributed by atoms with Gasteiger partial charge in [0.25, 0.3) is 0 Å². The van der Waals surface area contributed by atoms with Gasteiger partial charge in [-0.1, -0.05) is 12.1 Å². The topological polar surface area (TPSA) is 0 Å². The predicted octanol–water partition coefficient (Wildman–Crippen LogP) is 5.63. The first-order valence-electron chi connectivity index (χ1n) is 7.30. The summed E-state index contributed by atoms with van der Waals surface area (Å²) in [5.41, 5.74) is 0. The summed E-state index contributed by atoms with van der Waals surface area (Å²) in [4.78, 5) is 0. The second-order valence-electron chi connectivity index (χ2n) is 4.89. The smallest absolute Gasteiger partial charge is 0.168 e. The molecule has 0 aliphatic carbocycles. The van der Waals surface area contributed by atoms with E-state index in [0.29, 0.717) is 15.4 Å². The van der Waals surface area contributed by atoms with Crippen LogP contribution in [0.2, 0.25) is 11.5 Å². The van der Waals surface area contributed by atoms with Gasteiger partial charge >= 0.3 is 53.1 Å². The van der Waals surface area contributed by atoms with Crippen molar-refractivity contribution in [1.82, 2.24) is 0 Å². The molecule has 0 saturated heterocycles. The van der Waals surface area contributed by atoms with E-state index in [2.05, 4.69) is 96.4 Å². The van der Waals surface area contributed by atoms with Gasteiger partial charge in [0.1, 0.15) is 0 Å². The van der Waals surface area contributed by atoms with E-state index >= 15 is 0 Å². The van der Waals surface area contributed by atoms with Crippen LogP contribution in [0.3, 0.4) is 0 Å². The van der Waals surface area contributed by atoms with Crippen LogP contribution in [0.1, 0.15) is 0 Å². The second-order valence-corrected chi connectivity index (χ2v) is 7.31. The zero-order valence-corrected chi connectivity index (χ0v) is 18.0. The van der Waals surface area contributed by atoms with Crippen LogP contribution in [0, 0.1) is 0 Å². The maximum Gasteiger partial charge on any atom is 2.00 e. The van der Waals surface area contributed by atoms with Gasteiger partial charge in [0.2, 0.25) is 0 Å². The normalized spacial score (nSPS) is 9.18. The molecule has 0 bridgehead atoms. The number of fused-ring (bicyclic) bond motifs is 2. The van der Waals surface area contributed by atoms with Crippen molar-refractivity contribution < 1.29 is 26.2 Å². The van der Waals surface area contributed by atoms with Gasteiger partial charge in [-0.05, 0) is 0 Å². The molecule has 0 amide bonds. The molecule has 0 saturated carbocycles. The van der Waals surface area contributed by atoms with Crippen LogP contribution >= 0.6 is 0 Å². The maximum absolute atomic E-state index is 2.28. The van der Waals surface area contributed by atoms with Crippen LogP contribution in [0.4, 0.5) is 0 Å². The molecule has 0 aliphatic heterocycles. The molecule has 109 valence electrons. The molecule has 4 aromatic rings. The summed E-state index contributed by atoms with van der Waals surface area (Å²) in [6.07, 6.45) is 0. The van der Waals surface area contributed by atoms with E-state index in [1.54, 1.807) is 0 Å². The van der Waals surface area contributed by atoms with Gasteiger partial charge in [-0.3, -0.25) is 0 Å². The predicted molar refractivity (Wildman–Crippen MR) is 98.0 cm³/mol. The molecule has 0 spiro atoms. The summed E-state index contributed by atoms with van der Waals surface area (Å²) in [6.45, 7) is 0. The summed E-state index contributed by atoms with van der Waals surface area (Å²) in [5.74, 6) is 4.56. The van der Waals surface area contributed by atoms with Crippen LogP contribution < -0.4 is 0 Å². The second kappa shape index (κ2) is 10.8. The molecule has 1 radical (unpaired) electrons. The number of rotatable bonds is 0. The summed E-state index contributed by atoms with van der Waals surface area (Å²) < 4.78 is 0. The fraction of sp³-hybridized carbons (Fsp3) is 0.100. The van der Waals surface area contributed by atoms with Gasteiger partial charge in [0.15, 0.2) is 0 Å². The van der Waals surface area contributed by atoms with Crippen LogP contribution in [0.5, 0.6) is 0 Å². The first-order valence-corrected chi connectivity index (χ1v) is 12.1. The van der Waals surface area contributed by atoms with E-state index in [0.717, 1.165) is 0 Å². The molecule has 0 unspecified atom stereocenters. The molecule has 2 heteroatoms. The Hall–Kier alpha value is -0.914. The first-order chi connectivity index (χ1) is 10.3. The van der Waals surface area contributed by atoms with E-state index in [-0.39, 0.29) is 26.2 Å². The summed E-state index contributed by atoms with van der Waals surface area (Å²) in [5, 5.41) is 5.32. The monoisotopic (exact) mass is 425 g/mol. The minimum absolute atomic E-state index is 0. The largest absolute Gasteiger partial charge is 2.00 e. The van der Waals surface area contributed by atoms with Gasteiger partial charge in [0.05, 0.1) is 0 Å². The molecule has 4 rings (SSSR count). The number of hydrogen-bond donors (Lipinski definition) is 0. The van der Waals surface area contributed by atoms with Crippen molar-refractivity contribution in [2.24, 2.45) is 0 Å². The Labute approximate surface area is 158 Å². The van der Waals surface area contributed by atoms with E-state index in [9.17, 15) is 0 Å². The average Bonchev–Trinajstić information content (AvgIpc) is 3.17. The minimum atomic E-state index is 0. The molecule has 0 nitrogen and oxygen atoms in total. The Kier molecular flexibility index (Phi) is 9.35. The molecule has 0 atom stereocenters. The Balaban J connectivity index is 0.000000181. The van der Waals surface area contributed by atoms with E-state index in [1.165, 1.54) is 21.5 Å². The number of benzene rings is 2. The molecular weight excluding hydrogens is 404 g/mol. The van der Waals surface area contributed by atoms with Crippen molar-refractivity contribution in [1.29, 1.82) is 0 Å². The molecule has 4 aromatic carbocycles. The van der Waals surface area contributed by atoms with Crippen molar-refractivity contribution in [3.05, 3.63) is 84.9 Å². The van der Waals surface area contributed by atoms with Crippen molar-refractivity contribution in [3.8, 4) is 0 Å². The van der Waals surface area contributed by atoms with Crippen LogP contribution in [-0.4, -0.2) is 15.4 Å². The third-order valence-corrected chi connectivity index (χ3v) is 3.10. The molecule has 0 aromatic heterocycles. The van der Waals surface area contributed by atoms with Crippen LogP contribution in [0.25, 0.3) is 21.5 Å². The van der Waals surface area contributed by atoms with Gasteiger partial charge in [-0.15, -0.1) is 59.3 Å². The SMILES string of the molecule is [CH3][GeH][CH3].[Zr+2].c1ccc2[cH-]ccc2c1.c1ccc2[cH-]ccc2c1. The van der Waals surface area contributed by atoms with Crippen LogP contribution in [0.15, 0.2) is 84.9 Å². The van der Waals surface area contributed by atoms with Crippen molar-refractivity contribution in [2.75, 3.05) is 0 Å². The summed E-state index contributed by atoms with van der Waals surface area (Å²) >= 11 is 0.312. The van der Waals surface area contributed by atoms with Gasteiger partial charge in [-0.25, -0.2) is 0 Å². The van der Waals surface area contributed by atoms with Gasteiger partial charge < -0.3 is 0 Å². The van der Waals surface area contributed by atoms with Crippen LogP contribution in [-0.2, 0) is 26.2 Å². The molecular formula is C20H21GeZr. The first kappa shape index (κ1) is 19.1. The van der Waals surface area contributed by atoms with E-state index in [1.807, 2.05) is 0 Å². The molecule has 0 fully saturated rings.